The molecule has 0 aliphatic carbocycles. The Morgan fingerprint density at radius 1 is 0.969 bits per heavy atom. The maximum atomic E-state index is 12.6. The van der Waals surface area contributed by atoms with Gasteiger partial charge in [0.2, 0.25) is 0 Å². The zero-order valence-corrected chi connectivity index (χ0v) is 18.6. The quantitative estimate of drug-likeness (QED) is 0.409. The highest BCUT2D eigenvalue weighted by atomic mass is 16.5. The largest absolute Gasteiger partial charge is 0.497 e. The Hall–Kier alpha value is -3.73. The molecule has 0 aliphatic heterocycles. The van der Waals surface area contributed by atoms with Gasteiger partial charge in [0.25, 0.3) is 5.91 Å². The summed E-state index contributed by atoms with van der Waals surface area (Å²) in [5, 5.41) is 4.21. The number of fused-ring (bicyclic) bond motifs is 1. The number of carbonyl (C=O) groups excluding carboxylic acids is 1. The third-order valence-electron chi connectivity index (χ3n) is 5.77. The molecular weight excluding hydrogens is 400 g/mol. The van der Waals surface area contributed by atoms with Crippen LogP contribution in [0.25, 0.3) is 10.9 Å². The van der Waals surface area contributed by atoms with Crippen LogP contribution in [0.15, 0.2) is 72.9 Å². The molecule has 1 atom stereocenters. The molecule has 3 aromatic carbocycles. The van der Waals surface area contributed by atoms with Crippen molar-refractivity contribution >= 4 is 16.8 Å². The fraction of sp³-hybridized carbons (Fsp3) is 0.222. The summed E-state index contributed by atoms with van der Waals surface area (Å²) in [5.74, 6) is 1.41. The van der Waals surface area contributed by atoms with Crippen molar-refractivity contribution in [3.05, 3.63) is 95.2 Å². The van der Waals surface area contributed by atoms with Crippen LogP contribution in [0, 0.1) is 13.8 Å². The van der Waals surface area contributed by atoms with Crippen molar-refractivity contribution < 1.29 is 14.3 Å². The molecule has 4 aromatic rings. The Balaban J connectivity index is 1.52. The fourth-order valence-electron chi connectivity index (χ4n) is 4.06. The van der Waals surface area contributed by atoms with Crippen molar-refractivity contribution in [2.24, 2.45) is 0 Å². The van der Waals surface area contributed by atoms with Crippen molar-refractivity contribution in [2.75, 3.05) is 20.3 Å². The second kappa shape index (κ2) is 9.60. The van der Waals surface area contributed by atoms with E-state index in [1.54, 1.807) is 7.11 Å². The van der Waals surface area contributed by atoms with Gasteiger partial charge in [-0.05, 0) is 54.3 Å². The number of H-pyrrole nitrogens is 1. The van der Waals surface area contributed by atoms with Crippen LogP contribution in [0.1, 0.15) is 28.2 Å². The third kappa shape index (κ3) is 4.62. The average molecular weight is 429 g/mol. The van der Waals surface area contributed by atoms with Crippen LogP contribution in [0.5, 0.6) is 11.5 Å². The van der Waals surface area contributed by atoms with Crippen LogP contribution in [0.2, 0.25) is 0 Å². The number of para-hydroxylation sites is 2. The first-order chi connectivity index (χ1) is 15.6. The van der Waals surface area contributed by atoms with E-state index in [9.17, 15) is 4.79 Å². The van der Waals surface area contributed by atoms with Gasteiger partial charge in [0.05, 0.1) is 7.11 Å². The van der Waals surface area contributed by atoms with E-state index < -0.39 is 0 Å². The molecule has 5 nitrogen and oxygen atoms in total. The molecule has 32 heavy (non-hydrogen) atoms. The number of methoxy groups -OCH3 is 1. The highest BCUT2D eigenvalue weighted by molar-refractivity contribution is 5.84. The SMILES string of the molecule is COc1ccc([C@@H](CNC(=O)COc2c(C)cccc2C)c2c[nH]c3ccccc23)cc1. The van der Waals surface area contributed by atoms with Gasteiger partial charge >= 0.3 is 0 Å². The molecule has 0 spiro atoms. The van der Waals surface area contributed by atoms with E-state index in [1.165, 1.54) is 0 Å². The summed E-state index contributed by atoms with van der Waals surface area (Å²) in [6.45, 7) is 4.41. The summed E-state index contributed by atoms with van der Waals surface area (Å²) in [4.78, 5) is 16.0. The van der Waals surface area contributed by atoms with E-state index in [-0.39, 0.29) is 18.4 Å². The molecule has 0 bridgehead atoms. The second-order valence-electron chi connectivity index (χ2n) is 7.93. The predicted octanol–water partition coefficient (Wildman–Crippen LogP) is 5.12. The Bertz CT molecular complexity index is 1190. The van der Waals surface area contributed by atoms with Crippen molar-refractivity contribution in [1.29, 1.82) is 0 Å². The Labute approximate surface area is 188 Å². The molecule has 0 fully saturated rings. The number of benzene rings is 3. The van der Waals surface area contributed by atoms with Crippen LogP contribution in [0.3, 0.4) is 0 Å². The van der Waals surface area contributed by atoms with Gasteiger partial charge in [-0.2, -0.15) is 0 Å². The highest BCUT2D eigenvalue weighted by Crippen LogP contribution is 2.31. The molecule has 4 rings (SSSR count). The number of aryl methyl sites for hydroxylation is 2. The maximum absolute atomic E-state index is 12.6. The summed E-state index contributed by atoms with van der Waals surface area (Å²) < 4.78 is 11.1. The molecule has 164 valence electrons. The van der Waals surface area contributed by atoms with Crippen molar-refractivity contribution in [1.82, 2.24) is 10.3 Å². The summed E-state index contributed by atoms with van der Waals surface area (Å²) in [5.41, 5.74) is 5.36. The number of amides is 1. The predicted molar refractivity (Wildman–Crippen MR) is 128 cm³/mol. The number of hydrogen-bond acceptors (Lipinski definition) is 3. The van der Waals surface area contributed by atoms with Crippen LogP contribution >= 0.6 is 0 Å². The highest BCUT2D eigenvalue weighted by Gasteiger charge is 2.19. The lowest BCUT2D eigenvalue weighted by Crippen LogP contribution is -2.33. The minimum Gasteiger partial charge on any atom is -0.497 e. The van der Waals surface area contributed by atoms with E-state index in [0.29, 0.717) is 6.54 Å². The van der Waals surface area contributed by atoms with Crippen LogP contribution in [-0.4, -0.2) is 31.2 Å². The number of aromatic nitrogens is 1. The lowest BCUT2D eigenvalue weighted by Gasteiger charge is -2.19. The number of hydrogen-bond donors (Lipinski definition) is 2. The first kappa shape index (κ1) is 21.5. The lowest BCUT2D eigenvalue weighted by atomic mass is 9.91. The fourth-order valence-corrected chi connectivity index (χ4v) is 4.06. The summed E-state index contributed by atoms with van der Waals surface area (Å²) in [6.07, 6.45) is 2.03. The number of nitrogens with one attached hydrogen (secondary N) is 2. The van der Waals surface area contributed by atoms with Gasteiger partial charge in [-0.25, -0.2) is 0 Å². The van der Waals surface area contributed by atoms with E-state index in [0.717, 1.165) is 44.7 Å². The number of rotatable bonds is 8. The van der Waals surface area contributed by atoms with E-state index in [4.69, 9.17) is 9.47 Å². The Morgan fingerprint density at radius 3 is 2.41 bits per heavy atom. The zero-order valence-electron chi connectivity index (χ0n) is 18.6. The van der Waals surface area contributed by atoms with Gasteiger partial charge < -0.3 is 19.8 Å². The van der Waals surface area contributed by atoms with E-state index >= 15 is 0 Å². The molecule has 1 aromatic heterocycles. The third-order valence-corrected chi connectivity index (χ3v) is 5.77. The van der Waals surface area contributed by atoms with Gasteiger partial charge in [0, 0.05) is 29.6 Å². The Kier molecular flexibility index (Phi) is 6.45. The molecule has 5 heteroatoms. The molecule has 1 heterocycles. The normalized spacial score (nSPS) is 11.8. The monoisotopic (exact) mass is 428 g/mol. The molecule has 0 radical (unpaired) electrons. The molecule has 0 saturated heterocycles. The van der Waals surface area contributed by atoms with E-state index in [2.05, 4.69) is 22.4 Å². The zero-order chi connectivity index (χ0) is 22.5. The lowest BCUT2D eigenvalue weighted by molar-refractivity contribution is -0.123. The smallest absolute Gasteiger partial charge is 0.257 e. The van der Waals surface area contributed by atoms with Gasteiger partial charge in [0.1, 0.15) is 11.5 Å². The van der Waals surface area contributed by atoms with Gasteiger partial charge in [-0.1, -0.05) is 48.5 Å². The second-order valence-corrected chi connectivity index (χ2v) is 7.93. The molecular formula is C27H28N2O3. The summed E-state index contributed by atoms with van der Waals surface area (Å²) in [7, 11) is 1.66. The van der Waals surface area contributed by atoms with E-state index in [1.807, 2.05) is 74.6 Å². The van der Waals surface area contributed by atoms with Crippen molar-refractivity contribution in [2.45, 2.75) is 19.8 Å². The first-order valence-corrected chi connectivity index (χ1v) is 10.7. The van der Waals surface area contributed by atoms with Gasteiger partial charge in [-0.15, -0.1) is 0 Å². The average Bonchev–Trinajstić information content (AvgIpc) is 3.23. The molecule has 0 aliphatic rings. The summed E-state index contributed by atoms with van der Waals surface area (Å²) >= 11 is 0. The van der Waals surface area contributed by atoms with Crippen LogP contribution < -0.4 is 14.8 Å². The van der Waals surface area contributed by atoms with Crippen LogP contribution in [-0.2, 0) is 4.79 Å². The molecule has 0 unspecified atom stereocenters. The maximum Gasteiger partial charge on any atom is 0.257 e. The van der Waals surface area contributed by atoms with Gasteiger partial charge in [-0.3, -0.25) is 4.79 Å². The Morgan fingerprint density at radius 2 is 1.69 bits per heavy atom. The first-order valence-electron chi connectivity index (χ1n) is 10.7. The minimum atomic E-state index is -0.147. The molecule has 2 N–H and O–H groups in total. The van der Waals surface area contributed by atoms with Crippen molar-refractivity contribution in [3.63, 3.8) is 0 Å². The van der Waals surface area contributed by atoms with Crippen LogP contribution in [0.4, 0.5) is 0 Å². The number of aromatic amines is 1. The number of carbonyl (C=O) groups is 1. The number of ether oxygens (including phenoxy) is 2. The molecule has 1 amide bonds. The topological polar surface area (TPSA) is 63.4 Å². The van der Waals surface area contributed by atoms with Gasteiger partial charge in [0.15, 0.2) is 6.61 Å². The summed E-state index contributed by atoms with van der Waals surface area (Å²) in [6, 6.07) is 22.1. The standard InChI is InChI=1S/C27H28N2O3/c1-18-7-6-8-19(2)27(18)32-17-26(30)29-15-23(20-11-13-21(31-3)14-12-20)24-16-28-25-10-5-4-9-22(24)25/h4-14,16,23,28H,15,17H2,1-3H3,(H,29,30)/t23-/m1/s1. The molecule has 0 saturated carbocycles. The minimum absolute atomic E-state index is 0.0128. The van der Waals surface area contributed by atoms with Crippen molar-refractivity contribution in [3.8, 4) is 11.5 Å².